The van der Waals surface area contributed by atoms with Gasteiger partial charge in [0.1, 0.15) is 0 Å². The van der Waals surface area contributed by atoms with Crippen molar-refractivity contribution in [2.24, 2.45) is 5.73 Å². The molecule has 0 aliphatic rings. The Kier molecular flexibility index (Phi) is 5.28. The average molecular weight is 398 g/mol. The fourth-order valence-corrected chi connectivity index (χ4v) is 2.98. The third-order valence-corrected chi connectivity index (χ3v) is 4.69. The first-order valence-electron chi connectivity index (χ1n) is 6.89. The minimum Gasteiger partial charge on any atom is -0.366 e. The molecule has 0 aliphatic heterocycles. The van der Waals surface area contributed by atoms with Crippen LogP contribution in [-0.2, 0) is 9.84 Å². The number of carbonyl (C=O) groups is 2. The molecule has 0 aromatic heterocycles. The standard InChI is InChI=1S/C15H12ClN3O6S/c1-26(24,25)11-5-8(4-10(7-11)19(22)23)15(21)18-9-2-3-12(14(17)20)13(16)6-9/h2-7H,1H3,(H2,17,20)(H,18,21). The topological polar surface area (TPSA) is 149 Å². The summed E-state index contributed by atoms with van der Waals surface area (Å²) in [5, 5.41) is 13.4. The van der Waals surface area contributed by atoms with Gasteiger partial charge in [0, 0.05) is 29.6 Å². The predicted molar refractivity (Wildman–Crippen MR) is 94.1 cm³/mol. The van der Waals surface area contributed by atoms with Gasteiger partial charge in [-0.1, -0.05) is 11.6 Å². The summed E-state index contributed by atoms with van der Waals surface area (Å²) >= 11 is 5.88. The molecule has 0 aliphatic carbocycles. The van der Waals surface area contributed by atoms with Crippen LogP contribution in [-0.4, -0.2) is 31.4 Å². The maximum absolute atomic E-state index is 12.3. The fraction of sp³-hybridized carbons (Fsp3) is 0.0667. The lowest BCUT2D eigenvalue weighted by Gasteiger charge is -2.08. The Bertz CT molecular complexity index is 1040. The van der Waals surface area contributed by atoms with Crippen molar-refractivity contribution in [3.8, 4) is 0 Å². The van der Waals surface area contributed by atoms with Crippen molar-refractivity contribution in [1.29, 1.82) is 0 Å². The van der Waals surface area contributed by atoms with E-state index in [1.807, 2.05) is 0 Å². The average Bonchev–Trinajstić information content (AvgIpc) is 2.53. The van der Waals surface area contributed by atoms with Crippen LogP contribution in [0.2, 0.25) is 5.02 Å². The minimum absolute atomic E-state index is 0.00571. The molecule has 2 aromatic carbocycles. The predicted octanol–water partition coefficient (Wildman–Crippen LogP) is 2.00. The number of carbonyl (C=O) groups excluding carboxylic acids is 2. The third-order valence-electron chi connectivity index (χ3n) is 3.28. The Balaban J connectivity index is 2.41. The van der Waals surface area contributed by atoms with Gasteiger partial charge in [-0.25, -0.2) is 8.42 Å². The number of nitrogens with two attached hydrogens (primary N) is 1. The molecule has 0 spiro atoms. The second kappa shape index (κ2) is 7.10. The van der Waals surface area contributed by atoms with Crippen LogP contribution in [0, 0.1) is 10.1 Å². The van der Waals surface area contributed by atoms with E-state index in [2.05, 4.69) is 5.32 Å². The second-order valence-corrected chi connectivity index (χ2v) is 7.68. The Labute approximate surface area is 152 Å². The van der Waals surface area contributed by atoms with E-state index in [9.17, 15) is 28.1 Å². The van der Waals surface area contributed by atoms with Crippen molar-refractivity contribution in [3.05, 3.63) is 62.7 Å². The molecule has 11 heteroatoms. The van der Waals surface area contributed by atoms with Crippen LogP contribution in [0.15, 0.2) is 41.3 Å². The zero-order chi connectivity index (χ0) is 19.6. The molecule has 0 fully saturated rings. The van der Waals surface area contributed by atoms with Gasteiger partial charge < -0.3 is 11.1 Å². The van der Waals surface area contributed by atoms with Crippen LogP contribution in [0.1, 0.15) is 20.7 Å². The number of amides is 2. The number of anilines is 1. The van der Waals surface area contributed by atoms with E-state index in [0.29, 0.717) is 0 Å². The molecule has 0 bridgehead atoms. The van der Waals surface area contributed by atoms with Gasteiger partial charge in [-0.2, -0.15) is 0 Å². The zero-order valence-electron chi connectivity index (χ0n) is 13.2. The van der Waals surface area contributed by atoms with Gasteiger partial charge in [0.2, 0.25) is 5.91 Å². The first kappa shape index (κ1) is 19.3. The van der Waals surface area contributed by atoms with Gasteiger partial charge in [-0.15, -0.1) is 0 Å². The Morgan fingerprint density at radius 2 is 1.85 bits per heavy atom. The zero-order valence-corrected chi connectivity index (χ0v) is 14.8. The van der Waals surface area contributed by atoms with Crippen LogP contribution in [0.25, 0.3) is 0 Å². The summed E-state index contributed by atoms with van der Waals surface area (Å²) in [5.74, 6) is -1.54. The van der Waals surface area contributed by atoms with Gasteiger partial charge >= 0.3 is 0 Å². The maximum Gasteiger partial charge on any atom is 0.271 e. The first-order chi connectivity index (χ1) is 12.0. The molecule has 0 atom stereocenters. The molecule has 3 N–H and O–H groups in total. The van der Waals surface area contributed by atoms with Gasteiger partial charge in [-0.05, 0) is 24.3 Å². The monoisotopic (exact) mass is 397 g/mol. The lowest BCUT2D eigenvalue weighted by molar-refractivity contribution is -0.385. The lowest BCUT2D eigenvalue weighted by Crippen LogP contribution is -2.15. The number of halogens is 1. The molecule has 0 saturated heterocycles. The number of sulfone groups is 1. The number of rotatable bonds is 5. The summed E-state index contributed by atoms with van der Waals surface area (Å²) in [4.78, 5) is 33.3. The van der Waals surface area contributed by atoms with Gasteiger partial charge in [0.05, 0.1) is 20.4 Å². The van der Waals surface area contributed by atoms with E-state index in [1.165, 1.54) is 18.2 Å². The van der Waals surface area contributed by atoms with Crippen LogP contribution in [0.5, 0.6) is 0 Å². The van der Waals surface area contributed by atoms with E-state index in [1.54, 1.807) is 0 Å². The summed E-state index contributed by atoms with van der Waals surface area (Å²) in [7, 11) is -3.77. The number of nitro benzene ring substituents is 1. The Hall–Kier alpha value is -2.98. The van der Waals surface area contributed by atoms with E-state index in [4.69, 9.17) is 17.3 Å². The van der Waals surface area contributed by atoms with Gasteiger partial charge in [0.15, 0.2) is 9.84 Å². The van der Waals surface area contributed by atoms with E-state index in [0.717, 1.165) is 24.5 Å². The number of hydrogen-bond donors (Lipinski definition) is 2. The molecular weight excluding hydrogens is 386 g/mol. The molecule has 0 heterocycles. The summed E-state index contributed by atoms with van der Waals surface area (Å²) < 4.78 is 23.3. The first-order valence-corrected chi connectivity index (χ1v) is 9.16. The molecule has 2 aromatic rings. The fourth-order valence-electron chi connectivity index (χ4n) is 2.03. The normalized spacial score (nSPS) is 11.0. The highest BCUT2D eigenvalue weighted by Gasteiger charge is 2.19. The highest BCUT2D eigenvalue weighted by Crippen LogP contribution is 2.24. The molecule has 2 rings (SSSR count). The number of nitrogens with zero attached hydrogens (tertiary/aromatic N) is 1. The molecule has 0 saturated carbocycles. The highest BCUT2D eigenvalue weighted by atomic mass is 35.5. The van der Waals surface area contributed by atoms with Crippen LogP contribution in [0.3, 0.4) is 0 Å². The quantitative estimate of drug-likeness (QED) is 0.581. The number of hydrogen-bond acceptors (Lipinski definition) is 6. The van der Waals surface area contributed by atoms with Crippen molar-refractivity contribution in [2.45, 2.75) is 4.90 Å². The molecule has 0 radical (unpaired) electrons. The van der Waals surface area contributed by atoms with E-state index >= 15 is 0 Å². The molecule has 136 valence electrons. The molecule has 2 amide bonds. The van der Waals surface area contributed by atoms with Gasteiger partial charge in [-0.3, -0.25) is 19.7 Å². The summed E-state index contributed by atoms with van der Waals surface area (Å²) in [6.07, 6.45) is 0.871. The molecule has 26 heavy (non-hydrogen) atoms. The Morgan fingerprint density at radius 3 is 2.35 bits per heavy atom. The van der Waals surface area contributed by atoms with Crippen LogP contribution in [0.4, 0.5) is 11.4 Å². The number of non-ortho nitro benzene ring substituents is 1. The molecular formula is C15H12ClN3O6S. The summed E-state index contributed by atoms with van der Waals surface area (Å²) in [6, 6.07) is 6.77. The summed E-state index contributed by atoms with van der Waals surface area (Å²) in [5.41, 5.74) is 4.61. The summed E-state index contributed by atoms with van der Waals surface area (Å²) in [6.45, 7) is 0. The van der Waals surface area contributed by atoms with E-state index in [-0.39, 0.29) is 26.7 Å². The van der Waals surface area contributed by atoms with Crippen molar-refractivity contribution in [3.63, 3.8) is 0 Å². The number of nitro groups is 1. The van der Waals surface area contributed by atoms with Crippen molar-refractivity contribution < 1.29 is 22.9 Å². The number of benzene rings is 2. The van der Waals surface area contributed by atoms with Crippen LogP contribution < -0.4 is 11.1 Å². The van der Waals surface area contributed by atoms with Crippen molar-refractivity contribution in [2.75, 3.05) is 11.6 Å². The lowest BCUT2D eigenvalue weighted by atomic mass is 10.1. The van der Waals surface area contributed by atoms with Crippen molar-refractivity contribution >= 4 is 44.6 Å². The third kappa shape index (κ3) is 4.35. The minimum atomic E-state index is -3.77. The second-order valence-electron chi connectivity index (χ2n) is 5.26. The van der Waals surface area contributed by atoms with Crippen LogP contribution >= 0.6 is 11.6 Å². The highest BCUT2D eigenvalue weighted by molar-refractivity contribution is 7.90. The number of nitrogens with one attached hydrogen (secondary N) is 1. The Morgan fingerprint density at radius 1 is 1.19 bits per heavy atom. The maximum atomic E-state index is 12.3. The molecule has 9 nitrogen and oxygen atoms in total. The largest absolute Gasteiger partial charge is 0.366 e. The van der Waals surface area contributed by atoms with Gasteiger partial charge in [0.25, 0.3) is 11.6 Å². The smallest absolute Gasteiger partial charge is 0.271 e. The number of primary amides is 1. The molecule has 0 unspecified atom stereocenters. The SMILES string of the molecule is CS(=O)(=O)c1cc(C(=O)Nc2ccc(C(N)=O)c(Cl)c2)cc([N+](=O)[O-])c1. The van der Waals surface area contributed by atoms with Crippen molar-refractivity contribution in [1.82, 2.24) is 0 Å². The van der Waals surface area contributed by atoms with E-state index < -0.39 is 32.3 Å².